The zero-order chi connectivity index (χ0) is 31.2. The summed E-state index contributed by atoms with van der Waals surface area (Å²) in [5.41, 5.74) is 0.798. The number of fused-ring (bicyclic) bond motifs is 1. The number of hydrogen-bond donors (Lipinski definition) is 3. The van der Waals surface area contributed by atoms with E-state index in [1.807, 2.05) is 37.3 Å². The highest BCUT2D eigenvalue weighted by Gasteiger charge is 2.55. The topological polar surface area (TPSA) is 166 Å². The third-order valence-electron chi connectivity index (χ3n) is 8.71. The van der Waals surface area contributed by atoms with Gasteiger partial charge in [0.2, 0.25) is 5.91 Å². The molecule has 2 aliphatic heterocycles. The Morgan fingerprint density at radius 1 is 1.02 bits per heavy atom. The van der Waals surface area contributed by atoms with Crippen molar-refractivity contribution in [3.63, 3.8) is 0 Å². The lowest BCUT2D eigenvalue weighted by Crippen LogP contribution is -2.56. The Morgan fingerprint density at radius 3 is 2.34 bits per heavy atom. The summed E-state index contributed by atoms with van der Waals surface area (Å²) in [4.78, 5) is 65.4. The third kappa shape index (κ3) is 7.26. The minimum atomic E-state index is -1.09. The van der Waals surface area contributed by atoms with Crippen molar-refractivity contribution in [2.24, 2.45) is 17.8 Å². The summed E-state index contributed by atoms with van der Waals surface area (Å²) in [6.07, 6.45) is 0.859. The van der Waals surface area contributed by atoms with Crippen LogP contribution in [-0.2, 0) is 14.3 Å². The second kappa shape index (κ2) is 14.0. The first kappa shape index (κ1) is 31.2. The molecule has 0 radical (unpaired) electrons. The van der Waals surface area contributed by atoms with Crippen LogP contribution in [0.2, 0.25) is 0 Å². The molecule has 3 amide bonds. The average Bonchev–Trinajstić information content (AvgIpc) is 3.52. The molecule has 1 aromatic carbocycles. The summed E-state index contributed by atoms with van der Waals surface area (Å²) in [6.45, 7) is 5.00. The summed E-state index contributed by atoms with van der Waals surface area (Å²) in [7, 11) is 0. The van der Waals surface area contributed by atoms with Gasteiger partial charge in [-0.1, -0.05) is 43.7 Å². The van der Waals surface area contributed by atoms with E-state index in [0.29, 0.717) is 36.0 Å². The molecule has 3 fully saturated rings. The molecule has 0 bridgehead atoms. The number of piperazine rings is 1. The van der Waals surface area contributed by atoms with Crippen molar-refractivity contribution in [2.75, 3.05) is 57.4 Å². The fraction of sp³-hybridized carbons (Fsp3) is 0.548. The molecule has 44 heavy (non-hydrogen) atoms. The molecule has 13 nitrogen and oxygen atoms in total. The number of nitrogens with one attached hydrogen (secondary N) is 1. The van der Waals surface area contributed by atoms with Gasteiger partial charge in [0.25, 0.3) is 5.91 Å². The van der Waals surface area contributed by atoms with Crippen molar-refractivity contribution < 1.29 is 34.1 Å². The van der Waals surface area contributed by atoms with Crippen LogP contribution in [0.3, 0.4) is 0 Å². The van der Waals surface area contributed by atoms with Crippen LogP contribution < -0.4 is 10.2 Å². The Kier molecular flexibility index (Phi) is 9.93. The quantitative estimate of drug-likeness (QED) is 0.303. The largest absolute Gasteiger partial charge is 0.481 e. The molecule has 5 rings (SSSR count). The first-order chi connectivity index (χ1) is 21.3. The van der Waals surface area contributed by atoms with Gasteiger partial charge in [-0.05, 0) is 30.6 Å². The van der Waals surface area contributed by atoms with Gasteiger partial charge in [0, 0.05) is 63.9 Å². The SMILES string of the molecule is CCCCOC(=O)N1CCN(C(=O)[C@H](CCC(=O)O)NC(=O)c2cc(N3C[C@@H]4[C@@H](CO)[C@@H]4C3)nc(-c3ccccc3)n2)CC1. The molecule has 1 saturated carbocycles. The normalized spacial score (nSPS) is 21.4. The van der Waals surface area contributed by atoms with E-state index in [1.54, 1.807) is 11.0 Å². The van der Waals surface area contributed by atoms with Crippen LogP contribution in [0.1, 0.15) is 43.1 Å². The number of ether oxygens (including phenoxy) is 1. The Balaban J connectivity index is 1.30. The Bertz CT molecular complexity index is 1340. The molecule has 3 heterocycles. The van der Waals surface area contributed by atoms with Gasteiger partial charge in [0.1, 0.15) is 17.6 Å². The molecule has 236 valence electrons. The fourth-order valence-corrected chi connectivity index (χ4v) is 6.02. The van der Waals surface area contributed by atoms with Crippen molar-refractivity contribution >= 4 is 29.7 Å². The first-order valence-electron chi connectivity index (χ1n) is 15.3. The number of rotatable bonds is 12. The number of aromatic nitrogens is 2. The summed E-state index contributed by atoms with van der Waals surface area (Å²) >= 11 is 0. The smallest absolute Gasteiger partial charge is 0.409 e. The van der Waals surface area contributed by atoms with E-state index in [1.165, 1.54) is 4.90 Å². The number of piperidine rings is 1. The van der Waals surface area contributed by atoms with Crippen LogP contribution in [0.25, 0.3) is 11.4 Å². The molecule has 2 aromatic rings. The van der Waals surface area contributed by atoms with E-state index >= 15 is 0 Å². The van der Waals surface area contributed by atoms with E-state index in [0.717, 1.165) is 31.5 Å². The number of carboxylic acid groups (broad SMARTS) is 1. The number of carbonyl (C=O) groups excluding carboxylic acids is 3. The zero-order valence-electron chi connectivity index (χ0n) is 24.9. The number of hydrogen-bond acceptors (Lipinski definition) is 9. The zero-order valence-corrected chi connectivity index (χ0v) is 24.9. The minimum Gasteiger partial charge on any atom is -0.481 e. The number of benzene rings is 1. The minimum absolute atomic E-state index is 0.0703. The van der Waals surface area contributed by atoms with E-state index in [9.17, 15) is 29.4 Å². The van der Waals surface area contributed by atoms with Crippen LogP contribution in [0.5, 0.6) is 0 Å². The number of aliphatic hydroxyl groups is 1. The number of nitrogens with zero attached hydrogens (tertiary/aromatic N) is 5. The lowest BCUT2D eigenvalue weighted by molar-refractivity contribution is -0.138. The van der Waals surface area contributed by atoms with Crippen LogP contribution in [-0.4, -0.2) is 112 Å². The highest BCUT2D eigenvalue weighted by atomic mass is 16.6. The monoisotopic (exact) mass is 608 g/mol. The maximum Gasteiger partial charge on any atom is 0.409 e. The molecular weight excluding hydrogens is 568 g/mol. The number of carboxylic acids is 1. The van der Waals surface area contributed by atoms with Crippen LogP contribution in [0.4, 0.5) is 10.6 Å². The Hall–Kier alpha value is -4.26. The van der Waals surface area contributed by atoms with E-state index in [2.05, 4.69) is 15.2 Å². The number of aliphatic carboxylic acids is 1. The van der Waals surface area contributed by atoms with Crippen LogP contribution >= 0.6 is 0 Å². The summed E-state index contributed by atoms with van der Waals surface area (Å²) in [6, 6.07) is 9.79. The summed E-state index contributed by atoms with van der Waals surface area (Å²) < 4.78 is 5.27. The fourth-order valence-electron chi connectivity index (χ4n) is 6.02. The average molecular weight is 609 g/mol. The van der Waals surface area contributed by atoms with Crippen molar-refractivity contribution in [1.82, 2.24) is 25.1 Å². The van der Waals surface area contributed by atoms with Crippen molar-refractivity contribution in [2.45, 2.75) is 38.6 Å². The molecular formula is C31H40N6O7. The second-order valence-corrected chi connectivity index (χ2v) is 11.6. The molecule has 3 N–H and O–H groups in total. The van der Waals surface area contributed by atoms with Crippen molar-refractivity contribution in [3.05, 3.63) is 42.1 Å². The second-order valence-electron chi connectivity index (χ2n) is 11.6. The Labute approximate surface area is 256 Å². The van der Waals surface area contributed by atoms with E-state index in [4.69, 9.17) is 9.72 Å². The molecule has 0 unspecified atom stereocenters. The van der Waals surface area contributed by atoms with Gasteiger partial charge in [-0.2, -0.15) is 0 Å². The predicted molar refractivity (Wildman–Crippen MR) is 160 cm³/mol. The van der Waals surface area contributed by atoms with Crippen LogP contribution in [0, 0.1) is 17.8 Å². The highest BCUT2D eigenvalue weighted by molar-refractivity contribution is 5.97. The predicted octanol–water partition coefficient (Wildman–Crippen LogP) is 1.86. The number of amides is 3. The summed E-state index contributed by atoms with van der Waals surface area (Å²) in [5.74, 6) is -0.0596. The molecule has 4 atom stereocenters. The van der Waals surface area contributed by atoms with Crippen molar-refractivity contribution in [3.8, 4) is 11.4 Å². The number of unbranched alkanes of at least 4 members (excludes halogenated alkanes) is 1. The van der Waals surface area contributed by atoms with Gasteiger partial charge in [-0.3, -0.25) is 14.4 Å². The van der Waals surface area contributed by atoms with Gasteiger partial charge in [-0.25, -0.2) is 14.8 Å². The van der Waals surface area contributed by atoms with Gasteiger partial charge >= 0.3 is 12.1 Å². The third-order valence-corrected chi connectivity index (χ3v) is 8.71. The summed E-state index contributed by atoms with van der Waals surface area (Å²) in [5, 5.41) is 21.6. The van der Waals surface area contributed by atoms with Crippen molar-refractivity contribution in [1.29, 1.82) is 0 Å². The van der Waals surface area contributed by atoms with Gasteiger partial charge in [0.15, 0.2) is 5.82 Å². The maximum absolute atomic E-state index is 13.6. The van der Waals surface area contributed by atoms with Gasteiger partial charge in [-0.15, -0.1) is 0 Å². The lowest BCUT2D eigenvalue weighted by atomic mass is 10.1. The molecule has 1 aromatic heterocycles. The molecule has 2 saturated heterocycles. The molecule has 13 heteroatoms. The van der Waals surface area contributed by atoms with Gasteiger partial charge < -0.3 is 35.0 Å². The molecule has 1 aliphatic carbocycles. The standard InChI is InChI=1S/C31H40N6O7/c1-2-3-15-44-31(43)36-13-11-35(12-14-36)30(42)24(9-10-27(39)40)33-29(41)25-16-26(37-17-21-22(18-37)23(21)19-38)34-28(32-25)20-7-5-4-6-8-20/h4-8,16,21-24,38H,2-3,9-15,17-19H2,1H3,(H,33,41)(H,39,40)/t21-,22+,23+,24-/m0/s1. The maximum atomic E-state index is 13.6. The first-order valence-corrected chi connectivity index (χ1v) is 15.3. The highest BCUT2D eigenvalue weighted by Crippen LogP contribution is 2.52. The van der Waals surface area contributed by atoms with Gasteiger partial charge in [0.05, 0.1) is 6.61 Å². The lowest BCUT2D eigenvalue weighted by Gasteiger charge is -2.36. The Morgan fingerprint density at radius 2 is 1.70 bits per heavy atom. The molecule has 0 spiro atoms. The number of carbonyl (C=O) groups is 4. The van der Waals surface area contributed by atoms with E-state index in [-0.39, 0.29) is 51.3 Å². The number of aliphatic hydroxyl groups excluding tert-OH is 1. The van der Waals surface area contributed by atoms with E-state index < -0.39 is 29.9 Å². The number of anilines is 1. The molecule has 3 aliphatic rings. The van der Waals surface area contributed by atoms with Crippen LogP contribution in [0.15, 0.2) is 36.4 Å².